The summed E-state index contributed by atoms with van der Waals surface area (Å²) in [6, 6.07) is 0. The molecule has 0 spiro atoms. The van der Waals surface area contributed by atoms with Gasteiger partial charge in [-0.1, -0.05) is 31.4 Å². The fraction of sp³-hybridized carbons (Fsp3) is 0.818. The predicted molar refractivity (Wildman–Crippen MR) is 52.0 cm³/mol. The van der Waals surface area contributed by atoms with E-state index in [0.717, 1.165) is 12.8 Å². The Labute approximate surface area is 75.5 Å². The van der Waals surface area contributed by atoms with Crippen LogP contribution in [-0.2, 0) is 0 Å². The summed E-state index contributed by atoms with van der Waals surface area (Å²) in [5.41, 5.74) is 1.49. The van der Waals surface area contributed by atoms with Gasteiger partial charge in [0, 0.05) is 0 Å². The van der Waals surface area contributed by atoms with E-state index >= 15 is 0 Å². The van der Waals surface area contributed by atoms with Gasteiger partial charge in [-0.05, 0) is 32.1 Å². The molecule has 0 unspecified atom stereocenters. The molecule has 12 heavy (non-hydrogen) atoms. The molecule has 0 fully saturated rings. The fourth-order valence-electron chi connectivity index (χ4n) is 1.90. The first kappa shape index (κ1) is 9.79. The first-order valence-electron chi connectivity index (χ1n) is 5.08. The average molecular weight is 168 g/mol. The van der Waals surface area contributed by atoms with Crippen LogP contribution < -0.4 is 0 Å². The lowest BCUT2D eigenvalue weighted by Crippen LogP contribution is -2.18. The molecule has 0 aromatic rings. The number of unbranched alkanes of at least 4 members (excludes halogenated alkanes) is 1. The van der Waals surface area contributed by atoms with E-state index in [-0.39, 0.29) is 6.10 Å². The smallest absolute Gasteiger partial charge is 0.0580 e. The number of hydrogen-bond acceptors (Lipinski definition) is 1. The Hall–Kier alpha value is -0.300. The minimum Gasteiger partial charge on any atom is -0.393 e. The zero-order valence-corrected chi connectivity index (χ0v) is 8.21. The van der Waals surface area contributed by atoms with E-state index < -0.39 is 0 Å². The molecule has 1 nitrogen and oxygen atoms in total. The molecule has 0 saturated carbocycles. The lowest BCUT2D eigenvalue weighted by atomic mass is 9.84. The molecule has 1 aliphatic rings. The fourth-order valence-corrected chi connectivity index (χ4v) is 1.90. The Morgan fingerprint density at radius 2 is 2.33 bits per heavy atom. The maximum Gasteiger partial charge on any atom is 0.0580 e. The van der Waals surface area contributed by atoms with Crippen LogP contribution in [0, 0.1) is 5.92 Å². The van der Waals surface area contributed by atoms with Crippen LogP contribution in [0.5, 0.6) is 0 Å². The molecule has 0 heterocycles. The summed E-state index contributed by atoms with van der Waals surface area (Å²) in [4.78, 5) is 0. The summed E-state index contributed by atoms with van der Waals surface area (Å²) in [5, 5.41) is 9.45. The van der Waals surface area contributed by atoms with Gasteiger partial charge in [-0.25, -0.2) is 0 Å². The van der Waals surface area contributed by atoms with Gasteiger partial charge in [-0.2, -0.15) is 0 Å². The quantitative estimate of drug-likeness (QED) is 0.642. The molecular weight excluding hydrogens is 148 g/mol. The zero-order valence-electron chi connectivity index (χ0n) is 8.21. The van der Waals surface area contributed by atoms with Gasteiger partial charge in [0.1, 0.15) is 0 Å². The molecule has 0 bridgehead atoms. The standard InChI is InChI=1S/C11H20O/c1-3-4-5-10-8-11(12)7-6-9(10)2/h6,10-12H,3-5,7-8H2,1-2H3/t10-,11+/m1/s1. The van der Waals surface area contributed by atoms with E-state index in [2.05, 4.69) is 19.9 Å². The van der Waals surface area contributed by atoms with Gasteiger partial charge in [0.05, 0.1) is 6.10 Å². The van der Waals surface area contributed by atoms with Gasteiger partial charge in [0.2, 0.25) is 0 Å². The molecule has 0 amide bonds. The Balaban J connectivity index is 2.40. The van der Waals surface area contributed by atoms with Crippen molar-refractivity contribution in [3.05, 3.63) is 11.6 Å². The second-order valence-corrected chi connectivity index (χ2v) is 3.91. The van der Waals surface area contributed by atoms with Crippen molar-refractivity contribution in [2.75, 3.05) is 0 Å². The van der Waals surface area contributed by atoms with E-state index in [1.165, 1.54) is 24.8 Å². The van der Waals surface area contributed by atoms with Crippen LogP contribution in [0.1, 0.15) is 46.0 Å². The van der Waals surface area contributed by atoms with Crippen LogP contribution in [-0.4, -0.2) is 11.2 Å². The number of hydrogen-bond donors (Lipinski definition) is 1. The van der Waals surface area contributed by atoms with Crippen molar-refractivity contribution in [2.24, 2.45) is 5.92 Å². The molecule has 2 atom stereocenters. The van der Waals surface area contributed by atoms with Gasteiger partial charge in [-0.3, -0.25) is 0 Å². The van der Waals surface area contributed by atoms with Crippen molar-refractivity contribution in [1.29, 1.82) is 0 Å². The molecular formula is C11H20O. The number of aliphatic hydroxyl groups excluding tert-OH is 1. The van der Waals surface area contributed by atoms with Gasteiger partial charge >= 0.3 is 0 Å². The lowest BCUT2D eigenvalue weighted by molar-refractivity contribution is 0.140. The van der Waals surface area contributed by atoms with Gasteiger partial charge in [-0.15, -0.1) is 0 Å². The Kier molecular flexibility index (Phi) is 3.80. The zero-order chi connectivity index (χ0) is 8.97. The highest BCUT2D eigenvalue weighted by molar-refractivity contribution is 5.08. The third-order valence-corrected chi connectivity index (χ3v) is 2.82. The second kappa shape index (κ2) is 4.66. The predicted octanol–water partition coefficient (Wildman–Crippen LogP) is 2.89. The summed E-state index contributed by atoms with van der Waals surface area (Å²) in [6.07, 6.45) is 7.81. The molecule has 0 saturated heterocycles. The van der Waals surface area contributed by atoms with E-state index in [1.54, 1.807) is 0 Å². The van der Waals surface area contributed by atoms with E-state index in [4.69, 9.17) is 0 Å². The normalized spacial score (nSPS) is 30.1. The molecule has 0 aliphatic heterocycles. The van der Waals surface area contributed by atoms with Crippen LogP contribution in [0.25, 0.3) is 0 Å². The van der Waals surface area contributed by atoms with Gasteiger partial charge in [0.15, 0.2) is 0 Å². The highest BCUT2D eigenvalue weighted by Gasteiger charge is 2.19. The maximum absolute atomic E-state index is 9.45. The van der Waals surface area contributed by atoms with Crippen LogP contribution in [0.3, 0.4) is 0 Å². The molecule has 0 aromatic carbocycles. The second-order valence-electron chi connectivity index (χ2n) is 3.91. The first-order valence-corrected chi connectivity index (χ1v) is 5.08. The average Bonchev–Trinajstić information content (AvgIpc) is 2.07. The largest absolute Gasteiger partial charge is 0.393 e. The van der Waals surface area contributed by atoms with E-state index in [9.17, 15) is 5.11 Å². The molecule has 0 aromatic heterocycles. The molecule has 1 N–H and O–H groups in total. The van der Waals surface area contributed by atoms with Gasteiger partial charge < -0.3 is 5.11 Å². The molecule has 1 aliphatic carbocycles. The van der Waals surface area contributed by atoms with Crippen molar-refractivity contribution in [1.82, 2.24) is 0 Å². The first-order chi connectivity index (χ1) is 5.74. The summed E-state index contributed by atoms with van der Waals surface area (Å²) in [5.74, 6) is 0.661. The van der Waals surface area contributed by atoms with Crippen molar-refractivity contribution < 1.29 is 5.11 Å². The highest BCUT2D eigenvalue weighted by atomic mass is 16.3. The van der Waals surface area contributed by atoms with Gasteiger partial charge in [0.25, 0.3) is 0 Å². The Morgan fingerprint density at radius 1 is 1.58 bits per heavy atom. The summed E-state index contributed by atoms with van der Waals surface area (Å²) in [7, 11) is 0. The molecule has 70 valence electrons. The van der Waals surface area contributed by atoms with Crippen LogP contribution in [0.4, 0.5) is 0 Å². The summed E-state index contributed by atoms with van der Waals surface area (Å²) < 4.78 is 0. The minimum absolute atomic E-state index is 0.0736. The number of rotatable bonds is 3. The van der Waals surface area contributed by atoms with Crippen molar-refractivity contribution >= 4 is 0 Å². The topological polar surface area (TPSA) is 20.2 Å². The van der Waals surface area contributed by atoms with Crippen molar-refractivity contribution in [3.8, 4) is 0 Å². The van der Waals surface area contributed by atoms with E-state index in [0.29, 0.717) is 5.92 Å². The Morgan fingerprint density at radius 3 is 3.00 bits per heavy atom. The Bertz CT molecular complexity index is 160. The van der Waals surface area contributed by atoms with E-state index in [1.807, 2.05) is 0 Å². The molecule has 1 heteroatoms. The lowest BCUT2D eigenvalue weighted by Gasteiger charge is -2.25. The monoisotopic (exact) mass is 168 g/mol. The van der Waals surface area contributed by atoms with Crippen LogP contribution >= 0.6 is 0 Å². The summed E-state index contributed by atoms with van der Waals surface area (Å²) in [6.45, 7) is 4.42. The SMILES string of the molecule is CCCC[C@@H]1C[C@@H](O)CC=C1C. The minimum atomic E-state index is -0.0736. The van der Waals surface area contributed by atoms with Crippen LogP contribution in [0.15, 0.2) is 11.6 Å². The summed E-state index contributed by atoms with van der Waals surface area (Å²) >= 11 is 0. The highest BCUT2D eigenvalue weighted by Crippen LogP contribution is 2.28. The third kappa shape index (κ3) is 2.63. The number of aliphatic hydroxyl groups is 1. The van der Waals surface area contributed by atoms with Crippen molar-refractivity contribution in [2.45, 2.75) is 52.1 Å². The van der Waals surface area contributed by atoms with Crippen molar-refractivity contribution in [3.63, 3.8) is 0 Å². The molecule has 0 radical (unpaired) electrons. The maximum atomic E-state index is 9.45. The number of allylic oxidation sites excluding steroid dienone is 1. The van der Waals surface area contributed by atoms with Crippen LogP contribution in [0.2, 0.25) is 0 Å². The third-order valence-electron chi connectivity index (χ3n) is 2.82. The molecule has 1 rings (SSSR count).